The molecule has 1 aliphatic rings. The zero-order valence-corrected chi connectivity index (χ0v) is 17.0. The van der Waals surface area contributed by atoms with Crippen LogP contribution in [0.15, 0.2) is 76.7 Å². The van der Waals surface area contributed by atoms with E-state index in [4.69, 9.17) is 4.74 Å². The van der Waals surface area contributed by atoms with E-state index in [1.54, 1.807) is 12.0 Å². The van der Waals surface area contributed by atoms with E-state index in [-0.39, 0.29) is 21.4 Å². The van der Waals surface area contributed by atoms with Crippen molar-refractivity contribution < 1.29 is 19.2 Å². The van der Waals surface area contributed by atoms with Gasteiger partial charge in [0.1, 0.15) is 12.8 Å². The highest BCUT2D eigenvalue weighted by atomic mass is 32.2. The van der Waals surface area contributed by atoms with Crippen LogP contribution in [0.4, 0.5) is 5.69 Å². The summed E-state index contributed by atoms with van der Waals surface area (Å²) in [5, 5.41) is 13.3. The minimum atomic E-state index is -1.12. The van der Waals surface area contributed by atoms with Crippen LogP contribution in [0, 0.1) is 0 Å². The summed E-state index contributed by atoms with van der Waals surface area (Å²) in [5.41, 5.74) is 3.04. The third-order valence-corrected chi connectivity index (χ3v) is 5.96. The number of para-hydroxylation sites is 1. The van der Waals surface area contributed by atoms with E-state index >= 15 is 0 Å². The molecular formula is C25H28N2O3S. The number of allylic oxidation sites excluding steroid dienone is 2. The summed E-state index contributed by atoms with van der Waals surface area (Å²) in [4.78, 5) is 14.0. The molecular weight excluding hydrogens is 408 g/mol. The molecule has 1 aromatic heterocycles. The molecule has 3 aromatic rings. The van der Waals surface area contributed by atoms with Crippen LogP contribution >= 0.6 is 11.8 Å². The van der Waals surface area contributed by atoms with Crippen LogP contribution in [0.3, 0.4) is 0 Å². The van der Waals surface area contributed by atoms with Crippen LogP contribution < -0.4 is 19.3 Å². The van der Waals surface area contributed by atoms with Gasteiger partial charge in [0.15, 0.2) is 0 Å². The fourth-order valence-corrected chi connectivity index (χ4v) is 4.49. The molecule has 5 nitrogen and oxygen atoms in total. The molecule has 4 rings (SSSR count). The second kappa shape index (κ2) is 10.2. The molecule has 2 heterocycles. The molecule has 0 aliphatic carbocycles. The number of carbonyl (C=O) groups is 1. The van der Waals surface area contributed by atoms with Crippen LogP contribution in [0.25, 0.3) is 17.0 Å². The first-order valence-corrected chi connectivity index (χ1v) is 9.98. The lowest BCUT2D eigenvalue weighted by molar-refractivity contribution is -0.646. The number of rotatable bonds is 5. The molecule has 0 bridgehead atoms. The summed E-state index contributed by atoms with van der Waals surface area (Å²) in [5.74, 6) is -0.380. The van der Waals surface area contributed by atoms with E-state index in [1.807, 2.05) is 55.6 Å². The van der Waals surface area contributed by atoms with Gasteiger partial charge < -0.3 is 19.5 Å². The summed E-state index contributed by atoms with van der Waals surface area (Å²) in [7, 11) is 3.65. The van der Waals surface area contributed by atoms with Gasteiger partial charge in [0.2, 0.25) is 11.2 Å². The predicted octanol–water partition coefficient (Wildman–Crippen LogP) is 4.16. The van der Waals surface area contributed by atoms with Crippen molar-refractivity contribution in [3.63, 3.8) is 0 Å². The summed E-state index contributed by atoms with van der Waals surface area (Å²) >= 11 is 1.52. The van der Waals surface area contributed by atoms with Crippen molar-refractivity contribution in [2.75, 3.05) is 18.6 Å². The molecule has 0 atom stereocenters. The minimum Gasteiger partial charge on any atom is -0.548 e. The van der Waals surface area contributed by atoms with Crippen molar-refractivity contribution >= 4 is 40.4 Å². The number of methoxy groups -OCH3 is 1. The van der Waals surface area contributed by atoms with Crippen molar-refractivity contribution in [1.82, 2.24) is 0 Å². The Balaban J connectivity index is 0.00000171. The van der Waals surface area contributed by atoms with Crippen molar-refractivity contribution in [3.8, 4) is 5.75 Å². The Hall–Kier alpha value is -3.25. The number of ether oxygens (including phenoxy) is 1. The smallest absolute Gasteiger partial charge is 0.212 e. The van der Waals surface area contributed by atoms with Crippen LogP contribution in [0.2, 0.25) is 0 Å². The number of aryl methyl sites for hydroxylation is 1. The number of fused-ring (bicyclic) bond motifs is 2. The van der Waals surface area contributed by atoms with E-state index in [9.17, 15) is 9.90 Å². The molecule has 0 spiro atoms. The summed E-state index contributed by atoms with van der Waals surface area (Å²) in [6, 6.07) is 18.0. The molecule has 0 unspecified atom stereocenters. The van der Waals surface area contributed by atoms with E-state index < -0.39 is 5.97 Å². The molecule has 0 fully saturated rings. The fourth-order valence-electron chi connectivity index (χ4n) is 3.39. The number of nitrogens with zero attached hydrogens (tertiary/aromatic N) is 2. The Morgan fingerprint density at radius 1 is 1.16 bits per heavy atom. The second-order valence-corrected chi connectivity index (χ2v) is 7.70. The number of hydrogen-bond acceptors (Lipinski definition) is 5. The summed E-state index contributed by atoms with van der Waals surface area (Å²) in [6.07, 6.45) is 5.88. The van der Waals surface area contributed by atoms with Gasteiger partial charge in [-0.05, 0) is 36.4 Å². The Morgan fingerprint density at radius 3 is 2.68 bits per heavy atom. The normalized spacial score (nSPS) is 13.7. The molecule has 6 heteroatoms. The number of aromatic nitrogens is 1. The fraction of sp³-hybridized carbons (Fsp3) is 0.200. The highest BCUT2D eigenvalue weighted by Crippen LogP contribution is 2.47. The number of thioether (sulfide) groups is 1. The number of anilines is 1. The third kappa shape index (κ3) is 4.91. The Morgan fingerprint density at radius 2 is 1.94 bits per heavy atom. The molecule has 2 aromatic carbocycles. The highest BCUT2D eigenvalue weighted by molar-refractivity contribution is 8.03. The maximum atomic E-state index is 11.3. The average molecular weight is 437 g/mol. The van der Waals surface area contributed by atoms with Crippen molar-refractivity contribution in [3.05, 3.63) is 77.5 Å². The Labute approximate surface area is 188 Å². The van der Waals surface area contributed by atoms with Crippen molar-refractivity contribution in [2.24, 2.45) is 7.05 Å². The Kier molecular flexibility index (Phi) is 7.89. The van der Waals surface area contributed by atoms with Gasteiger partial charge in [-0.25, -0.2) is 0 Å². The molecule has 0 saturated heterocycles. The van der Waals surface area contributed by atoms with Gasteiger partial charge in [0, 0.05) is 28.5 Å². The molecule has 31 heavy (non-hydrogen) atoms. The SMILES string of the molecule is C.C.COc1ccc2c(c1)S/C(=C\C=C\c1ccc3ccccc3[n+]1C)N2CC(=O)[O-]. The molecule has 0 amide bonds. The lowest BCUT2D eigenvalue weighted by atomic mass is 10.2. The number of benzene rings is 2. The van der Waals surface area contributed by atoms with Crippen LogP contribution in [0.1, 0.15) is 20.5 Å². The first-order chi connectivity index (χ1) is 14.1. The van der Waals surface area contributed by atoms with Gasteiger partial charge in [0.25, 0.3) is 0 Å². The van der Waals surface area contributed by atoms with Crippen molar-refractivity contribution in [2.45, 2.75) is 19.7 Å². The average Bonchev–Trinajstić information content (AvgIpc) is 3.05. The zero-order chi connectivity index (χ0) is 20.4. The zero-order valence-electron chi connectivity index (χ0n) is 16.2. The number of carbonyl (C=O) groups excluding carboxylic acids is 1. The molecule has 0 radical (unpaired) electrons. The maximum absolute atomic E-state index is 11.3. The molecule has 0 N–H and O–H groups in total. The van der Waals surface area contributed by atoms with Gasteiger partial charge in [-0.1, -0.05) is 44.8 Å². The van der Waals surface area contributed by atoms with Gasteiger partial charge in [-0.2, -0.15) is 4.57 Å². The maximum Gasteiger partial charge on any atom is 0.212 e. The largest absolute Gasteiger partial charge is 0.548 e. The number of carboxylic acids is 1. The number of pyridine rings is 1. The van der Waals surface area contributed by atoms with Gasteiger partial charge in [-0.3, -0.25) is 0 Å². The van der Waals surface area contributed by atoms with E-state index in [0.717, 1.165) is 32.6 Å². The summed E-state index contributed by atoms with van der Waals surface area (Å²) in [6.45, 7) is -0.199. The van der Waals surface area contributed by atoms with Crippen LogP contribution in [0.5, 0.6) is 5.75 Å². The van der Waals surface area contributed by atoms with Gasteiger partial charge >= 0.3 is 0 Å². The monoisotopic (exact) mass is 436 g/mol. The molecule has 0 saturated carbocycles. The van der Waals surface area contributed by atoms with Gasteiger partial charge in [-0.15, -0.1) is 0 Å². The second-order valence-electron chi connectivity index (χ2n) is 6.63. The number of aliphatic carboxylic acids is 1. The molecule has 1 aliphatic heterocycles. The predicted molar refractivity (Wildman–Crippen MR) is 127 cm³/mol. The first kappa shape index (κ1) is 24.0. The topological polar surface area (TPSA) is 56.5 Å². The summed E-state index contributed by atoms with van der Waals surface area (Å²) < 4.78 is 7.41. The molecule has 162 valence electrons. The van der Waals surface area contributed by atoms with Gasteiger partial charge in [0.05, 0.1) is 30.3 Å². The lowest BCUT2D eigenvalue weighted by Crippen LogP contribution is -2.36. The van der Waals surface area contributed by atoms with Crippen LogP contribution in [-0.2, 0) is 11.8 Å². The van der Waals surface area contributed by atoms with Crippen LogP contribution in [-0.4, -0.2) is 19.6 Å². The van der Waals surface area contributed by atoms with E-state index in [1.165, 1.54) is 17.1 Å². The number of carboxylic acid groups (broad SMARTS) is 1. The quantitative estimate of drug-likeness (QED) is 0.562. The van der Waals surface area contributed by atoms with Crippen molar-refractivity contribution in [1.29, 1.82) is 0 Å². The minimum absolute atomic E-state index is 0. The lowest BCUT2D eigenvalue weighted by Gasteiger charge is -2.20. The standard InChI is InChI=1S/C23H20N2O3S.2CH4/c1-24-17(11-10-16-6-3-4-8-19(16)24)7-5-9-22-25(15-23(26)27)20-13-12-18(28-2)14-21(20)29-22;;/h3-14H,15H2,1-2H3;2*1H4. The first-order valence-electron chi connectivity index (χ1n) is 9.16. The van der Waals surface area contributed by atoms with E-state index in [2.05, 4.69) is 28.8 Å². The Bertz CT molecular complexity index is 1150. The third-order valence-electron chi connectivity index (χ3n) is 4.85. The van der Waals surface area contributed by atoms with E-state index in [0.29, 0.717) is 0 Å². The highest BCUT2D eigenvalue weighted by Gasteiger charge is 2.25. The number of hydrogen-bond donors (Lipinski definition) is 0.